The fraction of sp³-hybridized carbons (Fsp3) is 0.292. The average molecular weight is 581 g/mol. The molecule has 39 heavy (non-hydrogen) atoms. The van der Waals surface area contributed by atoms with E-state index in [4.69, 9.17) is 16.3 Å². The van der Waals surface area contributed by atoms with Gasteiger partial charge in [-0.2, -0.15) is 18.4 Å². The van der Waals surface area contributed by atoms with Crippen LogP contribution < -0.4 is 15.4 Å². The Kier molecular flexibility index (Phi) is 7.67. The lowest BCUT2D eigenvalue weighted by atomic mass is 10.0. The van der Waals surface area contributed by atoms with E-state index in [0.29, 0.717) is 5.56 Å². The molecular weight excluding hydrogens is 561 g/mol. The third kappa shape index (κ3) is 6.37. The fourth-order valence-corrected chi connectivity index (χ4v) is 5.58. The normalized spacial score (nSPS) is 18.5. The largest absolute Gasteiger partial charge is 0.467 e. The van der Waals surface area contributed by atoms with Crippen LogP contribution in [0.1, 0.15) is 38.9 Å². The number of alkyl halides is 3. The fourth-order valence-electron chi connectivity index (χ4n) is 3.90. The topological polar surface area (TPSA) is 139 Å². The number of carbonyl (C=O) groups is 2. The van der Waals surface area contributed by atoms with Gasteiger partial charge in [0, 0.05) is 34.6 Å². The number of benzene rings is 1. The number of amides is 2. The van der Waals surface area contributed by atoms with E-state index in [1.54, 1.807) is 13.8 Å². The summed E-state index contributed by atoms with van der Waals surface area (Å²) in [5.74, 6) is -1.54. The first-order valence-electron chi connectivity index (χ1n) is 11.2. The van der Waals surface area contributed by atoms with Gasteiger partial charge in [-0.3, -0.25) is 13.8 Å². The summed E-state index contributed by atoms with van der Waals surface area (Å²) in [4.78, 5) is 30.7. The monoisotopic (exact) mass is 580 g/mol. The van der Waals surface area contributed by atoms with Crippen molar-refractivity contribution in [1.29, 1.82) is 5.26 Å². The first kappa shape index (κ1) is 28.1. The van der Waals surface area contributed by atoms with Gasteiger partial charge in [0.15, 0.2) is 12.4 Å². The maximum Gasteiger partial charge on any atom is 0.422 e. The molecule has 3 heterocycles. The highest BCUT2D eigenvalue weighted by atomic mass is 35.5. The third-order valence-electron chi connectivity index (χ3n) is 5.57. The summed E-state index contributed by atoms with van der Waals surface area (Å²) in [6.45, 7) is 1.64. The van der Waals surface area contributed by atoms with Gasteiger partial charge in [-0.1, -0.05) is 11.6 Å². The van der Waals surface area contributed by atoms with Crippen LogP contribution in [0.4, 0.5) is 18.9 Å². The summed E-state index contributed by atoms with van der Waals surface area (Å²) in [5, 5.41) is 18.8. The summed E-state index contributed by atoms with van der Waals surface area (Å²) >= 11 is 6.19. The molecule has 15 heteroatoms. The Hall–Kier alpha value is -3.96. The van der Waals surface area contributed by atoms with E-state index in [9.17, 15) is 32.2 Å². The number of pyridine rings is 1. The van der Waals surface area contributed by atoms with Gasteiger partial charge in [0.25, 0.3) is 11.8 Å². The zero-order valence-electron chi connectivity index (χ0n) is 20.4. The van der Waals surface area contributed by atoms with Crippen LogP contribution in [0, 0.1) is 18.3 Å². The van der Waals surface area contributed by atoms with Gasteiger partial charge in [0.1, 0.15) is 5.69 Å². The summed E-state index contributed by atoms with van der Waals surface area (Å²) < 4.78 is 55.4. The van der Waals surface area contributed by atoms with E-state index in [2.05, 4.69) is 20.7 Å². The molecule has 0 atom stereocenters. The Labute approximate surface area is 227 Å². The highest BCUT2D eigenvalue weighted by molar-refractivity contribution is 7.86. The molecule has 204 valence electrons. The molecule has 3 aromatic rings. The van der Waals surface area contributed by atoms with Crippen LogP contribution in [0.3, 0.4) is 0 Å². The molecule has 4 rings (SSSR count). The van der Waals surface area contributed by atoms with Gasteiger partial charge in [-0.05, 0) is 43.7 Å². The second kappa shape index (κ2) is 10.7. The summed E-state index contributed by atoms with van der Waals surface area (Å²) in [7, 11) is -1.06. The number of hydrogen-bond donors (Lipinski definition) is 2. The number of rotatable bonds is 7. The van der Waals surface area contributed by atoms with Crippen molar-refractivity contribution in [2.24, 2.45) is 0 Å². The summed E-state index contributed by atoms with van der Waals surface area (Å²) in [5.41, 5.74) is -0.466. The van der Waals surface area contributed by atoms with E-state index < -0.39 is 46.8 Å². The molecule has 0 spiro atoms. The van der Waals surface area contributed by atoms with Gasteiger partial charge < -0.3 is 15.4 Å². The quantitative estimate of drug-likeness (QED) is 0.436. The predicted octanol–water partition coefficient (Wildman–Crippen LogP) is 3.55. The Morgan fingerprint density at radius 1 is 1.28 bits per heavy atom. The maximum absolute atomic E-state index is 13.5. The number of ether oxygens (including phenoxy) is 1. The van der Waals surface area contributed by atoms with Crippen molar-refractivity contribution in [3.8, 4) is 17.8 Å². The van der Waals surface area contributed by atoms with Gasteiger partial charge >= 0.3 is 6.18 Å². The molecule has 2 N–H and O–H groups in total. The minimum Gasteiger partial charge on any atom is -0.467 e. The van der Waals surface area contributed by atoms with Crippen molar-refractivity contribution in [2.45, 2.75) is 25.6 Å². The molecule has 0 radical (unpaired) electrons. The Morgan fingerprint density at radius 2 is 2.00 bits per heavy atom. The van der Waals surface area contributed by atoms with Crippen LogP contribution in [-0.2, 0) is 10.8 Å². The van der Waals surface area contributed by atoms with Crippen LogP contribution in [0.2, 0.25) is 5.02 Å². The summed E-state index contributed by atoms with van der Waals surface area (Å²) in [6.07, 6.45) is -3.30. The van der Waals surface area contributed by atoms with Crippen LogP contribution in [0.15, 0.2) is 36.5 Å². The van der Waals surface area contributed by atoms with E-state index in [1.165, 1.54) is 30.5 Å². The second-order valence-electron chi connectivity index (χ2n) is 9.02. The first-order chi connectivity index (χ1) is 18.3. The lowest BCUT2D eigenvalue weighted by molar-refractivity contribution is -0.154. The molecule has 0 unspecified atom stereocenters. The van der Waals surface area contributed by atoms with Crippen LogP contribution >= 0.6 is 11.6 Å². The van der Waals surface area contributed by atoms with Gasteiger partial charge in [0.2, 0.25) is 5.88 Å². The van der Waals surface area contributed by atoms with Crippen molar-refractivity contribution in [3.05, 3.63) is 63.9 Å². The molecule has 0 aliphatic carbocycles. The van der Waals surface area contributed by atoms with Gasteiger partial charge in [-0.25, -0.2) is 9.67 Å². The number of aromatic nitrogens is 3. The maximum atomic E-state index is 13.5. The molecule has 1 aliphatic rings. The molecule has 2 aromatic heterocycles. The van der Waals surface area contributed by atoms with E-state index in [0.717, 1.165) is 10.7 Å². The number of hydrogen-bond acceptors (Lipinski definition) is 7. The molecule has 1 saturated heterocycles. The Bertz CT molecular complexity index is 1530. The van der Waals surface area contributed by atoms with Crippen LogP contribution in [0.25, 0.3) is 5.82 Å². The molecule has 0 bridgehead atoms. The highest BCUT2D eigenvalue weighted by Gasteiger charge is 2.40. The zero-order valence-corrected chi connectivity index (χ0v) is 22.0. The third-order valence-corrected chi connectivity index (χ3v) is 7.78. The van der Waals surface area contributed by atoms with Gasteiger partial charge in [-0.15, -0.1) is 5.10 Å². The first-order valence-corrected chi connectivity index (χ1v) is 13.1. The van der Waals surface area contributed by atoms with Crippen molar-refractivity contribution < 1.29 is 31.7 Å². The number of anilines is 1. The van der Waals surface area contributed by atoms with Crippen LogP contribution in [0.5, 0.6) is 5.88 Å². The molecular formula is C24H20ClF3N6O4S. The standard InChI is InChI=1S/C24H20ClF3N6O4S/c1-13-6-14(9-29)7-15(21(35)32-23(2)11-39(37)12-23)19(13)31-22(36)17-8-18(38-10-24(26,27)28)33-34(17)20-16(25)4-3-5-30-20/h3-8H,10-12H2,1-2H3,(H,31,36)(H,32,35). The van der Waals surface area contributed by atoms with Crippen molar-refractivity contribution in [2.75, 3.05) is 23.4 Å². The Morgan fingerprint density at radius 3 is 2.62 bits per heavy atom. The number of aryl methyl sites for hydroxylation is 1. The van der Waals surface area contributed by atoms with Crippen molar-refractivity contribution in [3.63, 3.8) is 0 Å². The smallest absolute Gasteiger partial charge is 0.422 e. The van der Waals surface area contributed by atoms with E-state index in [-0.39, 0.29) is 44.9 Å². The highest BCUT2D eigenvalue weighted by Crippen LogP contribution is 2.28. The molecule has 10 nitrogen and oxygen atoms in total. The van der Waals surface area contributed by atoms with E-state index in [1.807, 2.05) is 6.07 Å². The second-order valence-corrected chi connectivity index (χ2v) is 10.9. The van der Waals surface area contributed by atoms with Crippen molar-refractivity contribution >= 4 is 39.9 Å². The number of nitrogens with one attached hydrogen (secondary N) is 2. The van der Waals surface area contributed by atoms with Crippen LogP contribution in [-0.4, -0.2) is 60.6 Å². The molecule has 2 amide bonds. The predicted molar refractivity (Wildman–Crippen MR) is 136 cm³/mol. The van der Waals surface area contributed by atoms with E-state index >= 15 is 0 Å². The zero-order chi connectivity index (χ0) is 28.5. The molecule has 1 aliphatic heterocycles. The molecule has 1 fully saturated rings. The average Bonchev–Trinajstić information content (AvgIpc) is 3.27. The SMILES string of the molecule is Cc1cc(C#N)cc(C(=O)NC2(C)CS(=O)C2)c1NC(=O)c1cc(OCC(F)(F)F)nn1-c1ncccc1Cl. The number of nitrogens with zero attached hydrogens (tertiary/aromatic N) is 4. The van der Waals surface area contributed by atoms with Crippen molar-refractivity contribution in [1.82, 2.24) is 20.1 Å². The Balaban J connectivity index is 1.72. The lowest BCUT2D eigenvalue weighted by Gasteiger charge is -2.38. The number of nitriles is 1. The van der Waals surface area contributed by atoms with Gasteiger partial charge in [0.05, 0.1) is 33.4 Å². The minimum absolute atomic E-state index is 0.0331. The minimum atomic E-state index is -4.65. The lowest BCUT2D eigenvalue weighted by Crippen LogP contribution is -2.61. The number of halogens is 4. The number of carbonyl (C=O) groups excluding carboxylic acids is 2. The molecule has 1 aromatic carbocycles. The summed E-state index contributed by atoms with van der Waals surface area (Å²) in [6, 6.07) is 8.65. The molecule has 0 saturated carbocycles.